The van der Waals surface area contributed by atoms with Gasteiger partial charge in [-0.2, -0.15) is 0 Å². The fourth-order valence-electron chi connectivity index (χ4n) is 3.72. The van der Waals surface area contributed by atoms with Gasteiger partial charge in [0.25, 0.3) is 0 Å². The third-order valence-electron chi connectivity index (χ3n) is 5.50. The zero-order valence-electron chi connectivity index (χ0n) is 20.7. The van der Waals surface area contributed by atoms with Crippen LogP contribution in [0.25, 0.3) is 22.1 Å². The third-order valence-corrected chi connectivity index (χ3v) is 6.74. The maximum atomic E-state index is 13.5. The number of hydrogen-bond acceptors (Lipinski definition) is 8. The maximum Gasteiger partial charge on any atom is 0.243 e. The van der Waals surface area contributed by atoms with Crippen LogP contribution in [0, 0.1) is 12.4 Å². The molecule has 0 aliphatic carbocycles. The molecule has 1 N–H and O–H groups in total. The second kappa shape index (κ2) is 11.1. The van der Waals surface area contributed by atoms with Crippen LogP contribution in [-0.4, -0.2) is 55.2 Å². The molecule has 0 radical (unpaired) electrons. The normalized spacial score (nSPS) is 11.0. The number of aryl methyl sites for hydroxylation is 1. The Morgan fingerprint density at radius 3 is 2.37 bits per heavy atom. The summed E-state index contributed by atoms with van der Waals surface area (Å²) in [5, 5.41) is 8.30. The number of anilines is 1. The minimum absolute atomic E-state index is 0.0241. The van der Waals surface area contributed by atoms with Gasteiger partial charge < -0.3 is 14.2 Å². The molecule has 38 heavy (non-hydrogen) atoms. The number of ether oxygens (including phenoxy) is 3. The highest BCUT2D eigenvalue weighted by molar-refractivity contribution is 7.92. The van der Waals surface area contributed by atoms with E-state index in [9.17, 15) is 12.8 Å². The zero-order chi connectivity index (χ0) is 27.3. The smallest absolute Gasteiger partial charge is 0.243 e. The van der Waals surface area contributed by atoms with Crippen LogP contribution < -0.4 is 18.9 Å². The summed E-state index contributed by atoms with van der Waals surface area (Å²) in [5.74, 6) is 0.127. The molecule has 0 unspecified atom stereocenters. The van der Waals surface area contributed by atoms with Gasteiger partial charge in [-0.15, -0.1) is 10.2 Å². The highest BCUT2D eigenvalue weighted by atomic mass is 32.2. The number of para-hydroxylation sites is 1. The van der Waals surface area contributed by atoms with Gasteiger partial charge in [0, 0.05) is 6.07 Å². The molecule has 2 heterocycles. The van der Waals surface area contributed by atoms with Gasteiger partial charge in [-0.3, -0.25) is 9.29 Å². The van der Waals surface area contributed by atoms with Crippen LogP contribution in [0.15, 0.2) is 54.6 Å². The molecule has 0 spiro atoms. The Morgan fingerprint density at radius 2 is 1.71 bits per heavy atom. The maximum absolute atomic E-state index is 13.5. The summed E-state index contributed by atoms with van der Waals surface area (Å²) in [7, 11) is 0.388. The molecule has 0 saturated carbocycles. The predicted molar refractivity (Wildman–Crippen MR) is 138 cm³/mol. The Kier molecular flexibility index (Phi) is 7.73. The number of pyridine rings is 1. The summed E-state index contributed by atoms with van der Waals surface area (Å²) in [6.07, 6.45) is -0.0241. The minimum atomic E-state index is -4.02. The molecule has 4 rings (SSSR count). The van der Waals surface area contributed by atoms with E-state index in [-0.39, 0.29) is 23.9 Å². The van der Waals surface area contributed by atoms with E-state index >= 15 is 0 Å². The molecule has 0 fully saturated rings. The van der Waals surface area contributed by atoms with Crippen LogP contribution in [0.4, 0.5) is 16.0 Å². The Balaban J connectivity index is 1.78. The number of rotatable bonds is 10. The van der Waals surface area contributed by atoms with Gasteiger partial charge in [-0.25, -0.2) is 22.6 Å². The first kappa shape index (κ1) is 26.4. The molecule has 0 aliphatic rings. The molecule has 2 aromatic carbocycles. The van der Waals surface area contributed by atoms with Crippen LogP contribution in [-0.2, 0) is 16.4 Å². The highest BCUT2D eigenvalue weighted by Crippen LogP contribution is 2.37. The van der Waals surface area contributed by atoms with Gasteiger partial charge >= 0.3 is 0 Å². The molecule has 0 amide bonds. The van der Waals surface area contributed by atoms with Crippen LogP contribution in [0.1, 0.15) is 5.56 Å². The molecule has 2 aromatic heterocycles. The Labute approximate surface area is 218 Å². The number of methoxy groups -OCH3 is 3. The Bertz CT molecular complexity index is 1590. The van der Waals surface area contributed by atoms with Gasteiger partial charge in [0.2, 0.25) is 21.9 Å². The van der Waals surface area contributed by atoms with Crippen molar-refractivity contribution in [3.63, 3.8) is 0 Å². The lowest BCUT2D eigenvalue weighted by molar-refractivity contribution is 0.391. The topological polar surface area (TPSA) is 122 Å². The van der Waals surface area contributed by atoms with E-state index in [1.165, 1.54) is 38.0 Å². The van der Waals surface area contributed by atoms with Gasteiger partial charge in [0.1, 0.15) is 28.7 Å². The summed E-state index contributed by atoms with van der Waals surface area (Å²) >= 11 is 0. The van der Waals surface area contributed by atoms with Crippen molar-refractivity contribution in [3.8, 4) is 34.6 Å². The SMILES string of the molecule is [C-]#[N+]c1cc(F)ccc1CCS(=O)(=O)Nc1nnc(-c2cccc(OC)n2)n1-c1c(OC)cccc1OC. The Morgan fingerprint density at radius 1 is 1.00 bits per heavy atom. The van der Waals surface area contributed by atoms with Crippen molar-refractivity contribution in [2.75, 3.05) is 31.8 Å². The van der Waals surface area contributed by atoms with E-state index in [2.05, 4.69) is 24.7 Å². The average Bonchev–Trinajstić information content (AvgIpc) is 3.33. The molecule has 0 aliphatic heterocycles. The van der Waals surface area contributed by atoms with E-state index in [1.807, 2.05) is 0 Å². The van der Waals surface area contributed by atoms with Crippen molar-refractivity contribution in [2.45, 2.75) is 6.42 Å². The molecule has 196 valence electrons. The van der Waals surface area contributed by atoms with Crippen molar-refractivity contribution in [1.82, 2.24) is 19.7 Å². The zero-order valence-corrected chi connectivity index (χ0v) is 21.5. The molecule has 4 aromatic rings. The van der Waals surface area contributed by atoms with E-state index < -0.39 is 21.6 Å². The quantitative estimate of drug-likeness (QED) is 0.301. The molecule has 0 atom stereocenters. The number of nitrogens with one attached hydrogen (secondary N) is 1. The first-order valence-electron chi connectivity index (χ1n) is 11.1. The number of sulfonamides is 1. The molecular formula is C25H23FN6O5S. The first-order valence-corrected chi connectivity index (χ1v) is 12.8. The van der Waals surface area contributed by atoms with Crippen molar-refractivity contribution in [2.24, 2.45) is 0 Å². The Hall–Kier alpha value is -4.70. The second-order valence-electron chi connectivity index (χ2n) is 7.81. The van der Waals surface area contributed by atoms with Crippen molar-refractivity contribution in [1.29, 1.82) is 0 Å². The van der Waals surface area contributed by atoms with Gasteiger partial charge in [-0.1, -0.05) is 18.2 Å². The lowest BCUT2D eigenvalue weighted by atomic mass is 10.1. The fraction of sp³-hybridized carbons (Fsp3) is 0.200. The fourth-order valence-corrected chi connectivity index (χ4v) is 4.72. The van der Waals surface area contributed by atoms with Gasteiger partial charge in [0.15, 0.2) is 11.5 Å². The monoisotopic (exact) mass is 538 g/mol. The van der Waals surface area contributed by atoms with Crippen molar-refractivity contribution >= 4 is 21.7 Å². The lowest BCUT2D eigenvalue weighted by Crippen LogP contribution is -2.21. The number of benzene rings is 2. The van der Waals surface area contributed by atoms with Crippen LogP contribution in [0.5, 0.6) is 17.4 Å². The van der Waals surface area contributed by atoms with Crippen LogP contribution in [0.3, 0.4) is 0 Å². The van der Waals surface area contributed by atoms with Crippen molar-refractivity contribution in [3.05, 3.63) is 77.4 Å². The molecule has 11 nitrogen and oxygen atoms in total. The summed E-state index contributed by atoms with van der Waals surface area (Å²) in [6, 6.07) is 13.8. The second-order valence-corrected chi connectivity index (χ2v) is 9.66. The number of aromatic nitrogens is 4. The van der Waals surface area contributed by atoms with Gasteiger partial charge in [0.05, 0.1) is 33.7 Å². The van der Waals surface area contributed by atoms with E-state index in [0.29, 0.717) is 34.3 Å². The number of nitrogens with zero attached hydrogens (tertiary/aromatic N) is 5. The van der Waals surface area contributed by atoms with E-state index in [0.717, 1.165) is 6.07 Å². The number of halogens is 1. The lowest BCUT2D eigenvalue weighted by Gasteiger charge is -2.17. The van der Waals surface area contributed by atoms with Crippen molar-refractivity contribution < 1.29 is 27.0 Å². The third kappa shape index (κ3) is 5.50. The molecule has 0 bridgehead atoms. The predicted octanol–water partition coefficient (Wildman–Crippen LogP) is 4.03. The van der Waals surface area contributed by atoms with Crippen LogP contribution >= 0.6 is 0 Å². The number of hydrogen-bond donors (Lipinski definition) is 1. The molecule has 13 heteroatoms. The summed E-state index contributed by atoms with van der Waals surface area (Å²) in [4.78, 5) is 7.69. The molecule has 0 saturated heterocycles. The summed E-state index contributed by atoms with van der Waals surface area (Å²) in [6.45, 7) is 7.24. The van der Waals surface area contributed by atoms with Crippen LogP contribution in [0.2, 0.25) is 0 Å². The largest absolute Gasteiger partial charge is 0.494 e. The highest BCUT2D eigenvalue weighted by Gasteiger charge is 2.26. The minimum Gasteiger partial charge on any atom is -0.494 e. The average molecular weight is 539 g/mol. The molecular weight excluding hydrogens is 515 g/mol. The summed E-state index contributed by atoms with van der Waals surface area (Å²) in [5.41, 5.74) is 1.14. The van der Waals surface area contributed by atoms with Gasteiger partial charge in [-0.05, 0) is 42.3 Å². The first-order chi connectivity index (χ1) is 18.3. The van der Waals surface area contributed by atoms with E-state index in [1.54, 1.807) is 36.4 Å². The summed E-state index contributed by atoms with van der Waals surface area (Å²) < 4.78 is 60.0. The van der Waals surface area contributed by atoms with E-state index in [4.69, 9.17) is 20.8 Å². The standard InChI is InChI=1S/C25H23FN6O5S/c1-27-19-15-17(26)12-11-16(19)13-14-38(33,34)31-25-30-29-24(18-7-5-10-22(28-18)37-4)32(25)23-20(35-2)8-6-9-21(23)36-3/h5-12,15H,13-14H2,2-4H3,(H,30,31).